The Morgan fingerprint density at radius 3 is 2.90 bits per heavy atom. The summed E-state index contributed by atoms with van der Waals surface area (Å²) in [5, 5.41) is 10.7. The molecule has 1 aliphatic rings. The molecule has 3 nitrogen and oxygen atoms in total. The quantitative estimate of drug-likeness (QED) is 0.915. The lowest BCUT2D eigenvalue weighted by atomic mass is 9.95. The molecule has 110 valence electrons. The minimum Gasteiger partial charge on any atom is -0.496 e. The van der Waals surface area contributed by atoms with Gasteiger partial charge in [0.1, 0.15) is 17.6 Å². The Bertz CT molecular complexity index is 654. The number of halogens is 1. The number of ether oxygens (including phenoxy) is 2. The number of benzene rings is 2. The van der Waals surface area contributed by atoms with E-state index in [2.05, 4.69) is 22.0 Å². The van der Waals surface area contributed by atoms with Crippen LogP contribution in [0.15, 0.2) is 40.9 Å². The lowest BCUT2D eigenvalue weighted by Crippen LogP contribution is -2.12. The Morgan fingerprint density at radius 1 is 1.29 bits per heavy atom. The number of rotatable bonds is 3. The molecular weight excluding hydrogens is 332 g/mol. The summed E-state index contributed by atoms with van der Waals surface area (Å²) in [6, 6.07) is 11.6. The van der Waals surface area contributed by atoms with Crippen LogP contribution in [0.3, 0.4) is 0 Å². The second-order valence-electron chi connectivity index (χ2n) is 5.08. The van der Waals surface area contributed by atoms with Crippen molar-refractivity contribution in [2.24, 2.45) is 0 Å². The SMILES string of the molecule is COc1ccc(C(O)c2cccc3c2OCCC3)cc1Br. The minimum atomic E-state index is -0.708. The highest BCUT2D eigenvalue weighted by Gasteiger charge is 2.21. The van der Waals surface area contributed by atoms with Gasteiger partial charge in [-0.1, -0.05) is 24.3 Å². The summed E-state index contributed by atoms with van der Waals surface area (Å²) in [5.41, 5.74) is 2.81. The van der Waals surface area contributed by atoms with Crippen LogP contribution in [0.5, 0.6) is 11.5 Å². The molecular formula is C17H17BrO3. The molecule has 2 aromatic carbocycles. The van der Waals surface area contributed by atoms with Crippen LogP contribution in [-0.2, 0) is 6.42 Å². The molecule has 0 aliphatic carbocycles. The van der Waals surface area contributed by atoms with E-state index in [4.69, 9.17) is 9.47 Å². The summed E-state index contributed by atoms with van der Waals surface area (Å²) < 4.78 is 11.8. The highest BCUT2D eigenvalue weighted by molar-refractivity contribution is 9.10. The maximum atomic E-state index is 10.7. The summed E-state index contributed by atoms with van der Waals surface area (Å²) in [4.78, 5) is 0. The van der Waals surface area contributed by atoms with E-state index in [0.29, 0.717) is 6.61 Å². The molecule has 0 spiro atoms. The van der Waals surface area contributed by atoms with Crippen LogP contribution in [0, 0.1) is 0 Å². The molecule has 21 heavy (non-hydrogen) atoms. The second-order valence-corrected chi connectivity index (χ2v) is 5.94. The Hall–Kier alpha value is -1.52. The lowest BCUT2D eigenvalue weighted by Gasteiger charge is -2.23. The highest BCUT2D eigenvalue weighted by atomic mass is 79.9. The zero-order chi connectivity index (χ0) is 14.8. The third kappa shape index (κ3) is 2.78. The van der Waals surface area contributed by atoms with Gasteiger partial charge in [-0.15, -0.1) is 0 Å². The summed E-state index contributed by atoms with van der Waals surface area (Å²) >= 11 is 3.46. The Kier molecular flexibility index (Phi) is 4.17. The van der Waals surface area contributed by atoms with Gasteiger partial charge in [0.25, 0.3) is 0 Å². The van der Waals surface area contributed by atoms with Crippen LogP contribution >= 0.6 is 15.9 Å². The van der Waals surface area contributed by atoms with E-state index < -0.39 is 6.10 Å². The van der Waals surface area contributed by atoms with E-state index in [1.54, 1.807) is 7.11 Å². The van der Waals surface area contributed by atoms with Gasteiger partial charge in [-0.3, -0.25) is 0 Å². The largest absolute Gasteiger partial charge is 0.496 e. The molecule has 0 amide bonds. The van der Waals surface area contributed by atoms with Crippen molar-refractivity contribution in [3.63, 3.8) is 0 Å². The van der Waals surface area contributed by atoms with E-state index in [0.717, 1.165) is 39.9 Å². The Balaban J connectivity index is 1.99. The fraction of sp³-hybridized carbons (Fsp3) is 0.294. The third-order valence-electron chi connectivity index (χ3n) is 3.75. The lowest BCUT2D eigenvalue weighted by molar-refractivity contribution is 0.206. The molecule has 0 bridgehead atoms. The first-order valence-electron chi connectivity index (χ1n) is 6.97. The monoisotopic (exact) mass is 348 g/mol. The van der Waals surface area contributed by atoms with Crippen molar-refractivity contribution in [1.29, 1.82) is 0 Å². The smallest absolute Gasteiger partial charge is 0.133 e. The van der Waals surface area contributed by atoms with E-state index in [-0.39, 0.29) is 0 Å². The van der Waals surface area contributed by atoms with E-state index >= 15 is 0 Å². The summed E-state index contributed by atoms with van der Waals surface area (Å²) in [7, 11) is 1.62. The van der Waals surface area contributed by atoms with Crippen LogP contribution in [0.1, 0.15) is 29.2 Å². The minimum absolute atomic E-state index is 0.708. The Morgan fingerprint density at radius 2 is 2.14 bits per heavy atom. The first-order valence-corrected chi connectivity index (χ1v) is 7.76. The number of fused-ring (bicyclic) bond motifs is 1. The van der Waals surface area contributed by atoms with Gasteiger partial charge in [-0.25, -0.2) is 0 Å². The zero-order valence-corrected chi connectivity index (χ0v) is 13.4. The van der Waals surface area contributed by atoms with Gasteiger partial charge in [0.05, 0.1) is 18.2 Å². The molecule has 0 saturated carbocycles. The van der Waals surface area contributed by atoms with Crippen LogP contribution in [0.25, 0.3) is 0 Å². The molecule has 0 radical (unpaired) electrons. The van der Waals surface area contributed by atoms with Gasteiger partial charge in [-0.05, 0) is 52.0 Å². The van der Waals surface area contributed by atoms with Crippen molar-refractivity contribution in [1.82, 2.24) is 0 Å². The number of aryl methyl sites for hydroxylation is 1. The maximum Gasteiger partial charge on any atom is 0.133 e. The van der Waals surface area contributed by atoms with Crippen molar-refractivity contribution in [3.8, 4) is 11.5 Å². The van der Waals surface area contributed by atoms with Gasteiger partial charge in [0, 0.05) is 5.56 Å². The molecule has 1 N–H and O–H groups in total. The van der Waals surface area contributed by atoms with Crippen molar-refractivity contribution >= 4 is 15.9 Å². The number of methoxy groups -OCH3 is 1. The molecule has 1 aliphatic heterocycles. The van der Waals surface area contributed by atoms with Crippen molar-refractivity contribution < 1.29 is 14.6 Å². The number of aliphatic hydroxyl groups excluding tert-OH is 1. The molecule has 0 saturated heterocycles. The first kappa shape index (κ1) is 14.4. The second kappa shape index (κ2) is 6.08. The van der Waals surface area contributed by atoms with Gasteiger partial charge in [0.2, 0.25) is 0 Å². The maximum absolute atomic E-state index is 10.7. The number of hydrogen-bond donors (Lipinski definition) is 1. The molecule has 3 rings (SSSR count). The fourth-order valence-corrected chi connectivity index (χ4v) is 3.22. The number of hydrogen-bond acceptors (Lipinski definition) is 3. The van der Waals surface area contributed by atoms with E-state index in [1.165, 1.54) is 5.56 Å². The molecule has 1 atom stereocenters. The van der Waals surface area contributed by atoms with Crippen molar-refractivity contribution in [2.75, 3.05) is 13.7 Å². The summed E-state index contributed by atoms with van der Waals surface area (Å²) in [5.74, 6) is 1.58. The van der Waals surface area contributed by atoms with Crippen LogP contribution in [0.2, 0.25) is 0 Å². The van der Waals surface area contributed by atoms with Crippen LogP contribution in [-0.4, -0.2) is 18.8 Å². The first-order chi connectivity index (χ1) is 10.2. The molecule has 0 aromatic heterocycles. The van der Waals surface area contributed by atoms with Gasteiger partial charge >= 0.3 is 0 Å². The standard InChI is InChI=1S/C17H17BrO3/c1-20-15-8-7-12(10-14(15)18)16(19)13-6-2-4-11-5-3-9-21-17(11)13/h2,4,6-8,10,16,19H,3,5,9H2,1H3. The van der Waals surface area contributed by atoms with E-state index in [9.17, 15) is 5.11 Å². The third-order valence-corrected chi connectivity index (χ3v) is 4.37. The molecule has 1 unspecified atom stereocenters. The topological polar surface area (TPSA) is 38.7 Å². The predicted molar refractivity (Wildman–Crippen MR) is 85.0 cm³/mol. The highest BCUT2D eigenvalue weighted by Crippen LogP contribution is 2.37. The zero-order valence-electron chi connectivity index (χ0n) is 11.8. The molecule has 4 heteroatoms. The number of para-hydroxylation sites is 1. The van der Waals surface area contributed by atoms with Crippen molar-refractivity contribution in [3.05, 3.63) is 57.6 Å². The fourth-order valence-electron chi connectivity index (χ4n) is 2.66. The number of aliphatic hydroxyl groups is 1. The van der Waals surface area contributed by atoms with Gasteiger partial charge in [0.15, 0.2) is 0 Å². The molecule has 0 fully saturated rings. The van der Waals surface area contributed by atoms with Gasteiger partial charge < -0.3 is 14.6 Å². The van der Waals surface area contributed by atoms with E-state index in [1.807, 2.05) is 30.3 Å². The summed E-state index contributed by atoms with van der Waals surface area (Å²) in [6.07, 6.45) is 1.32. The predicted octanol–water partition coefficient (Wildman–Crippen LogP) is 3.86. The van der Waals surface area contributed by atoms with Crippen molar-refractivity contribution in [2.45, 2.75) is 18.9 Å². The average Bonchev–Trinajstić information content (AvgIpc) is 2.53. The average molecular weight is 349 g/mol. The van der Waals surface area contributed by atoms with Crippen LogP contribution < -0.4 is 9.47 Å². The normalized spacial score (nSPS) is 15.0. The molecule has 1 heterocycles. The Labute approximate surface area is 132 Å². The van der Waals surface area contributed by atoms with Crippen LogP contribution in [0.4, 0.5) is 0 Å². The summed E-state index contributed by atoms with van der Waals surface area (Å²) in [6.45, 7) is 0.711. The molecule has 2 aromatic rings. The van der Waals surface area contributed by atoms with Gasteiger partial charge in [-0.2, -0.15) is 0 Å².